The van der Waals surface area contributed by atoms with E-state index in [4.69, 9.17) is 21.1 Å². The van der Waals surface area contributed by atoms with Gasteiger partial charge in [0.1, 0.15) is 12.6 Å². The minimum atomic E-state index is -0.0829. The number of alkyl halides is 1. The molecule has 1 aromatic rings. The molecule has 4 rings (SSSR count). The number of hydrogen-bond donors (Lipinski definition) is 0. The molecule has 27 heavy (non-hydrogen) atoms. The summed E-state index contributed by atoms with van der Waals surface area (Å²) in [6.45, 7) is 11.6. The summed E-state index contributed by atoms with van der Waals surface area (Å²) < 4.78 is 13.2. The number of likely N-dealkylation sites (N-methyl/N-ethyl adjacent to an activating group) is 1. The molecule has 0 fully saturated rings. The summed E-state index contributed by atoms with van der Waals surface area (Å²) in [6, 6.07) is 2.14. The number of aryl methyl sites for hydroxylation is 1. The quantitative estimate of drug-likeness (QED) is 0.427. The van der Waals surface area contributed by atoms with Gasteiger partial charge in [-0.15, -0.1) is 11.6 Å². The summed E-state index contributed by atoms with van der Waals surface area (Å²) >= 11 is 6.46. The molecule has 3 aliphatic rings. The van der Waals surface area contributed by atoms with Crippen molar-refractivity contribution in [3.8, 4) is 11.5 Å². The molecule has 2 aliphatic heterocycles. The largest absolute Gasteiger partial charge is 1.00 e. The van der Waals surface area contributed by atoms with Gasteiger partial charge < -0.3 is 26.4 Å². The van der Waals surface area contributed by atoms with Crippen LogP contribution in [-0.2, 0) is 12.0 Å². The Bertz CT molecular complexity index is 806. The standard InChI is InChI=1S/C22H29ClNO2.ClH/c1-14(2)12-24(4)9-8-22-7-6-16(23)11-19(22)26-21-18(25-5)10-15(3)17(13-24)20(21)22;/h6-7,10,16,19H,1,8-9,11-13H2,2-5H3;1H/q+1;/p-1/t16-,19?,22?,24?;/m0./s1. The molecule has 0 radical (unpaired) electrons. The molecule has 2 heterocycles. The highest BCUT2D eigenvalue weighted by molar-refractivity contribution is 6.21. The van der Waals surface area contributed by atoms with Crippen LogP contribution in [0.3, 0.4) is 0 Å². The third-order valence-corrected chi connectivity index (χ3v) is 6.72. The molecule has 0 N–H and O–H groups in total. The van der Waals surface area contributed by atoms with E-state index >= 15 is 0 Å². The highest BCUT2D eigenvalue weighted by Gasteiger charge is 2.55. The van der Waals surface area contributed by atoms with Crippen LogP contribution in [-0.4, -0.2) is 43.2 Å². The summed E-state index contributed by atoms with van der Waals surface area (Å²) in [4.78, 5) is 0. The molecule has 1 spiro atoms. The highest BCUT2D eigenvalue weighted by atomic mass is 35.5. The van der Waals surface area contributed by atoms with Crippen molar-refractivity contribution < 1.29 is 26.4 Å². The smallest absolute Gasteiger partial charge is 0.166 e. The fourth-order valence-electron chi connectivity index (χ4n) is 5.26. The number of halogens is 2. The van der Waals surface area contributed by atoms with Crippen molar-refractivity contribution in [2.24, 2.45) is 0 Å². The Morgan fingerprint density at radius 3 is 2.89 bits per heavy atom. The Hall–Kier alpha value is -1.16. The SMILES string of the molecule is C=C(C)C[N+]1(C)CCC23C=C[C@H](Cl)CC2Oc2c(OC)cc(C)c(c23)C1.[Cl-]. The van der Waals surface area contributed by atoms with E-state index in [1.807, 2.05) is 0 Å². The highest BCUT2D eigenvalue weighted by Crippen LogP contribution is 2.57. The number of ether oxygens (including phenoxy) is 2. The Morgan fingerprint density at radius 1 is 1.48 bits per heavy atom. The van der Waals surface area contributed by atoms with Gasteiger partial charge in [0.15, 0.2) is 11.5 Å². The van der Waals surface area contributed by atoms with Crippen LogP contribution >= 0.6 is 11.6 Å². The Morgan fingerprint density at radius 2 is 2.22 bits per heavy atom. The number of allylic oxidation sites excluding steroid dienone is 1. The van der Waals surface area contributed by atoms with Gasteiger partial charge in [0.2, 0.25) is 0 Å². The molecule has 4 atom stereocenters. The van der Waals surface area contributed by atoms with Crippen molar-refractivity contribution in [2.45, 2.75) is 50.1 Å². The van der Waals surface area contributed by atoms with E-state index < -0.39 is 0 Å². The first-order valence-corrected chi connectivity index (χ1v) is 9.90. The topological polar surface area (TPSA) is 18.5 Å². The Kier molecular flexibility index (Phi) is 5.35. The van der Waals surface area contributed by atoms with Gasteiger partial charge in [-0.05, 0) is 31.1 Å². The molecule has 3 nitrogen and oxygen atoms in total. The lowest BCUT2D eigenvalue weighted by molar-refractivity contribution is -0.918. The summed E-state index contributed by atoms with van der Waals surface area (Å²) in [5, 5.41) is 0.0371. The van der Waals surface area contributed by atoms with E-state index in [0.717, 1.165) is 48.5 Å². The average Bonchev–Trinajstić information content (AvgIpc) is 2.82. The van der Waals surface area contributed by atoms with Crippen molar-refractivity contribution in [3.63, 3.8) is 0 Å². The van der Waals surface area contributed by atoms with Crippen LogP contribution in [0.2, 0.25) is 0 Å². The number of nitrogens with zero attached hydrogens (tertiary/aromatic N) is 1. The van der Waals surface area contributed by atoms with Crippen LogP contribution in [0.1, 0.15) is 36.5 Å². The van der Waals surface area contributed by atoms with Crippen molar-refractivity contribution in [1.82, 2.24) is 0 Å². The van der Waals surface area contributed by atoms with E-state index in [2.05, 4.69) is 45.7 Å². The fourth-order valence-corrected chi connectivity index (χ4v) is 5.49. The van der Waals surface area contributed by atoms with Crippen molar-refractivity contribution in [3.05, 3.63) is 47.1 Å². The third kappa shape index (κ3) is 3.18. The monoisotopic (exact) mass is 409 g/mol. The second-order valence-electron chi connectivity index (χ2n) is 8.70. The lowest BCUT2D eigenvalue weighted by atomic mass is 9.69. The lowest BCUT2D eigenvalue weighted by Gasteiger charge is -2.37. The zero-order chi connectivity index (χ0) is 18.7. The maximum atomic E-state index is 6.49. The third-order valence-electron chi connectivity index (χ3n) is 6.39. The summed E-state index contributed by atoms with van der Waals surface area (Å²) in [5.41, 5.74) is 5.21. The van der Waals surface area contributed by atoms with Gasteiger partial charge in [-0.1, -0.05) is 18.7 Å². The number of methoxy groups -OCH3 is 1. The Balaban J connectivity index is 0.00000210. The maximum absolute atomic E-state index is 6.49. The normalized spacial score (nSPS) is 33.2. The van der Waals surface area contributed by atoms with E-state index in [0.29, 0.717) is 0 Å². The van der Waals surface area contributed by atoms with E-state index in [9.17, 15) is 0 Å². The minimum absolute atomic E-state index is 0. The molecule has 5 heteroatoms. The van der Waals surface area contributed by atoms with Gasteiger partial charge in [-0.3, -0.25) is 0 Å². The molecular weight excluding hydrogens is 381 g/mol. The van der Waals surface area contributed by atoms with Crippen LogP contribution < -0.4 is 21.9 Å². The molecule has 0 bridgehead atoms. The second kappa shape index (κ2) is 7.02. The van der Waals surface area contributed by atoms with E-state index in [1.165, 1.54) is 22.3 Å². The van der Waals surface area contributed by atoms with E-state index in [1.54, 1.807) is 7.11 Å². The zero-order valence-electron chi connectivity index (χ0n) is 16.6. The average molecular weight is 410 g/mol. The van der Waals surface area contributed by atoms with Crippen LogP contribution in [0.5, 0.6) is 11.5 Å². The lowest BCUT2D eigenvalue weighted by Crippen LogP contribution is -3.00. The van der Waals surface area contributed by atoms with Crippen LogP contribution in [0.4, 0.5) is 0 Å². The first kappa shape index (κ1) is 20.6. The van der Waals surface area contributed by atoms with Crippen molar-refractivity contribution in [2.75, 3.05) is 27.2 Å². The number of quaternary nitrogens is 1. The predicted molar refractivity (Wildman–Crippen MR) is 106 cm³/mol. The second-order valence-corrected chi connectivity index (χ2v) is 9.26. The predicted octanol–water partition coefficient (Wildman–Crippen LogP) is 1.50. The van der Waals surface area contributed by atoms with Crippen molar-refractivity contribution in [1.29, 1.82) is 0 Å². The summed E-state index contributed by atoms with van der Waals surface area (Å²) in [5.74, 6) is 1.79. The van der Waals surface area contributed by atoms with Crippen LogP contribution in [0.15, 0.2) is 30.4 Å². The molecule has 1 aliphatic carbocycles. The molecule has 0 saturated carbocycles. The van der Waals surface area contributed by atoms with Crippen molar-refractivity contribution >= 4 is 11.6 Å². The van der Waals surface area contributed by atoms with Crippen LogP contribution in [0, 0.1) is 6.92 Å². The first-order chi connectivity index (χ1) is 12.3. The number of hydrogen-bond acceptors (Lipinski definition) is 2. The zero-order valence-corrected chi connectivity index (χ0v) is 18.2. The van der Waals surface area contributed by atoms with Gasteiger partial charge in [-0.25, -0.2) is 0 Å². The van der Waals surface area contributed by atoms with Gasteiger partial charge in [0.25, 0.3) is 0 Å². The Labute approximate surface area is 174 Å². The molecule has 0 aromatic heterocycles. The number of rotatable bonds is 3. The number of benzene rings is 1. The fraction of sp³-hybridized carbons (Fsp3) is 0.545. The molecule has 3 unspecified atom stereocenters. The molecule has 148 valence electrons. The molecule has 0 amide bonds. The van der Waals surface area contributed by atoms with Crippen LogP contribution in [0.25, 0.3) is 0 Å². The first-order valence-electron chi connectivity index (χ1n) is 9.47. The summed E-state index contributed by atoms with van der Waals surface area (Å²) in [6.07, 6.45) is 6.51. The van der Waals surface area contributed by atoms with E-state index in [-0.39, 0.29) is 29.3 Å². The van der Waals surface area contributed by atoms with Gasteiger partial charge in [-0.2, -0.15) is 0 Å². The van der Waals surface area contributed by atoms with Gasteiger partial charge in [0.05, 0.1) is 38.0 Å². The maximum Gasteiger partial charge on any atom is 0.166 e. The molecular formula is C22H29Cl2NO2. The minimum Gasteiger partial charge on any atom is -1.00 e. The molecule has 1 aromatic carbocycles. The molecule has 0 saturated heterocycles. The van der Waals surface area contributed by atoms with Gasteiger partial charge >= 0.3 is 0 Å². The summed E-state index contributed by atoms with van der Waals surface area (Å²) in [7, 11) is 4.09. The van der Waals surface area contributed by atoms with Gasteiger partial charge in [0, 0.05) is 24.0 Å².